The third kappa shape index (κ3) is 8.83. The molecule has 1 aliphatic rings. The summed E-state index contributed by atoms with van der Waals surface area (Å²) in [7, 11) is 0. The van der Waals surface area contributed by atoms with Gasteiger partial charge in [0.2, 0.25) is 0 Å². The van der Waals surface area contributed by atoms with Crippen LogP contribution in [0.15, 0.2) is 60.7 Å². The normalized spacial score (nSPS) is 17.2. The van der Waals surface area contributed by atoms with Gasteiger partial charge in [-0.25, -0.2) is 17.6 Å². The van der Waals surface area contributed by atoms with Crippen molar-refractivity contribution >= 4 is 0 Å². The summed E-state index contributed by atoms with van der Waals surface area (Å²) in [4.78, 5) is 0. The molecular weight excluding hydrogens is 544 g/mol. The highest BCUT2D eigenvalue weighted by Crippen LogP contribution is 2.40. The molecular formula is C39H48F4. The fraction of sp³-hybridized carbons (Fsp3) is 0.487. The van der Waals surface area contributed by atoms with Crippen molar-refractivity contribution in [1.29, 1.82) is 0 Å². The largest absolute Gasteiger partial charge is 0.203 e. The van der Waals surface area contributed by atoms with E-state index in [1.54, 1.807) is 48.5 Å². The number of hydrogen-bond donors (Lipinski definition) is 0. The molecule has 1 saturated carbocycles. The summed E-state index contributed by atoms with van der Waals surface area (Å²) in [5.41, 5.74) is 2.16. The lowest BCUT2D eigenvalue weighted by atomic mass is 9.76. The van der Waals surface area contributed by atoms with E-state index in [2.05, 4.69) is 6.92 Å². The summed E-state index contributed by atoms with van der Waals surface area (Å²) in [6, 6.07) is 13.2. The van der Waals surface area contributed by atoms with Gasteiger partial charge in [-0.15, -0.1) is 0 Å². The molecule has 232 valence electrons. The molecule has 0 unspecified atom stereocenters. The molecule has 0 amide bonds. The third-order valence-corrected chi connectivity index (χ3v) is 9.27. The molecule has 0 saturated heterocycles. The Hall–Kier alpha value is -2.88. The lowest BCUT2D eigenvalue weighted by molar-refractivity contribution is 0.297. The molecule has 3 aromatic rings. The zero-order valence-corrected chi connectivity index (χ0v) is 26.0. The topological polar surface area (TPSA) is 0 Å². The van der Waals surface area contributed by atoms with Crippen LogP contribution in [0.4, 0.5) is 17.6 Å². The summed E-state index contributed by atoms with van der Waals surface area (Å²) in [5.74, 6) is -2.55. The molecule has 4 heteroatoms. The maximum Gasteiger partial charge on any atom is 0.166 e. The predicted octanol–water partition coefficient (Wildman–Crippen LogP) is 12.9. The van der Waals surface area contributed by atoms with Crippen molar-refractivity contribution in [1.82, 2.24) is 0 Å². The van der Waals surface area contributed by atoms with E-state index < -0.39 is 23.3 Å². The second-order valence-corrected chi connectivity index (χ2v) is 12.4. The van der Waals surface area contributed by atoms with Crippen LogP contribution in [0.5, 0.6) is 0 Å². The number of aryl methyl sites for hydroxylation is 1. The highest BCUT2D eigenvalue weighted by molar-refractivity contribution is 5.71. The van der Waals surface area contributed by atoms with Crippen LogP contribution in [-0.4, -0.2) is 0 Å². The maximum absolute atomic E-state index is 15.3. The smallest absolute Gasteiger partial charge is 0.166 e. The zero-order chi connectivity index (χ0) is 30.6. The molecule has 1 aliphatic carbocycles. The van der Waals surface area contributed by atoms with Gasteiger partial charge in [0, 0.05) is 11.1 Å². The van der Waals surface area contributed by atoms with Crippen LogP contribution in [0.3, 0.4) is 0 Å². The number of rotatable bonds is 15. The highest BCUT2D eigenvalue weighted by atomic mass is 19.2. The Kier molecular flexibility index (Phi) is 12.9. The number of unbranched alkanes of at least 4 members (excludes halogenated alkanes) is 6. The summed E-state index contributed by atoms with van der Waals surface area (Å²) in [6.07, 6.45) is 20.4. The summed E-state index contributed by atoms with van der Waals surface area (Å²) in [6.45, 7) is 4.27. The SMILES string of the molecule is CC/C=C/CCc1ccc(-c2ccc(-c3ccc(C4CCC(CCCCCCCCC)CC4)c(F)c3F)cc2)c(F)c1F. The van der Waals surface area contributed by atoms with Crippen molar-refractivity contribution in [3.8, 4) is 22.3 Å². The van der Waals surface area contributed by atoms with Gasteiger partial charge in [-0.3, -0.25) is 0 Å². The molecule has 0 nitrogen and oxygen atoms in total. The first-order chi connectivity index (χ1) is 20.9. The Morgan fingerprint density at radius 3 is 1.81 bits per heavy atom. The number of allylic oxidation sites excluding steroid dienone is 2. The summed E-state index contributed by atoms with van der Waals surface area (Å²) < 4.78 is 60.4. The minimum absolute atomic E-state index is 0.0553. The van der Waals surface area contributed by atoms with E-state index in [0.717, 1.165) is 32.1 Å². The first-order valence-corrected chi connectivity index (χ1v) is 16.6. The van der Waals surface area contributed by atoms with Gasteiger partial charge in [0.25, 0.3) is 0 Å². The first-order valence-electron chi connectivity index (χ1n) is 16.6. The molecule has 0 atom stereocenters. The van der Waals surface area contributed by atoms with Crippen LogP contribution < -0.4 is 0 Å². The molecule has 0 spiro atoms. The van der Waals surface area contributed by atoms with E-state index in [1.165, 1.54) is 51.4 Å². The minimum Gasteiger partial charge on any atom is -0.203 e. The van der Waals surface area contributed by atoms with Gasteiger partial charge in [-0.1, -0.05) is 126 Å². The van der Waals surface area contributed by atoms with Gasteiger partial charge in [0.15, 0.2) is 23.3 Å². The molecule has 0 bridgehead atoms. The molecule has 0 N–H and O–H groups in total. The summed E-state index contributed by atoms with van der Waals surface area (Å²) >= 11 is 0. The Balaban J connectivity index is 1.35. The second kappa shape index (κ2) is 16.8. The first kappa shape index (κ1) is 33.0. The molecule has 4 rings (SSSR count). The van der Waals surface area contributed by atoms with Gasteiger partial charge in [0.05, 0.1) is 0 Å². The number of hydrogen-bond acceptors (Lipinski definition) is 0. The van der Waals surface area contributed by atoms with Crippen molar-refractivity contribution in [2.45, 2.75) is 116 Å². The van der Waals surface area contributed by atoms with Crippen molar-refractivity contribution in [2.24, 2.45) is 5.92 Å². The van der Waals surface area contributed by atoms with E-state index >= 15 is 8.78 Å². The minimum atomic E-state index is -0.886. The third-order valence-electron chi connectivity index (χ3n) is 9.27. The molecule has 0 aliphatic heterocycles. The summed E-state index contributed by atoms with van der Waals surface area (Å²) in [5, 5.41) is 0. The van der Waals surface area contributed by atoms with Gasteiger partial charge in [0.1, 0.15) is 0 Å². The Morgan fingerprint density at radius 2 is 1.19 bits per heavy atom. The average molecular weight is 593 g/mol. The second-order valence-electron chi connectivity index (χ2n) is 12.4. The maximum atomic E-state index is 15.3. The molecule has 0 radical (unpaired) electrons. The number of halogens is 4. The molecule has 1 fully saturated rings. The standard InChI is InChI=1S/C39H48F4/c1-3-5-7-9-10-11-12-14-28-16-18-29(19-17-28)34-26-27-35(39(43)38(34)42)31-22-20-30(21-23-31)33-25-24-32(36(40)37(33)41)15-13-8-6-4-2/h6,8,20-29H,3-5,7,9-19H2,1-2H3/b8-6+. The van der Waals surface area contributed by atoms with Crippen LogP contribution >= 0.6 is 0 Å². The van der Waals surface area contributed by atoms with E-state index in [-0.39, 0.29) is 17.0 Å². The van der Waals surface area contributed by atoms with E-state index in [1.807, 2.05) is 19.1 Å². The molecule has 0 heterocycles. The van der Waals surface area contributed by atoms with E-state index in [4.69, 9.17) is 0 Å². The fourth-order valence-corrected chi connectivity index (χ4v) is 6.61. The predicted molar refractivity (Wildman–Crippen MR) is 172 cm³/mol. The van der Waals surface area contributed by atoms with Gasteiger partial charge in [-0.05, 0) is 79.0 Å². The van der Waals surface area contributed by atoms with Crippen molar-refractivity contribution in [3.63, 3.8) is 0 Å². The average Bonchev–Trinajstić information content (AvgIpc) is 3.03. The highest BCUT2D eigenvalue weighted by Gasteiger charge is 2.26. The van der Waals surface area contributed by atoms with Crippen molar-refractivity contribution < 1.29 is 17.6 Å². The number of benzene rings is 3. The van der Waals surface area contributed by atoms with Crippen molar-refractivity contribution in [3.05, 3.63) is 95.1 Å². The van der Waals surface area contributed by atoms with Crippen LogP contribution in [-0.2, 0) is 6.42 Å². The molecule has 0 aromatic heterocycles. The monoisotopic (exact) mass is 592 g/mol. The van der Waals surface area contributed by atoms with Crippen LogP contribution in [0.2, 0.25) is 0 Å². The Labute approximate surface area is 256 Å². The van der Waals surface area contributed by atoms with Crippen molar-refractivity contribution in [2.75, 3.05) is 0 Å². The van der Waals surface area contributed by atoms with Crippen LogP contribution in [0.1, 0.15) is 121 Å². The zero-order valence-electron chi connectivity index (χ0n) is 26.0. The lowest BCUT2D eigenvalue weighted by Gasteiger charge is -2.29. The van der Waals surface area contributed by atoms with Gasteiger partial charge < -0.3 is 0 Å². The Morgan fingerprint density at radius 1 is 0.605 bits per heavy atom. The quantitative estimate of drug-likeness (QED) is 0.0935. The molecule has 3 aromatic carbocycles. The van der Waals surface area contributed by atoms with Crippen LogP contribution in [0.25, 0.3) is 22.3 Å². The van der Waals surface area contributed by atoms with Gasteiger partial charge in [-0.2, -0.15) is 0 Å². The fourth-order valence-electron chi connectivity index (χ4n) is 6.61. The Bertz CT molecular complexity index is 1320. The van der Waals surface area contributed by atoms with E-state index in [0.29, 0.717) is 41.0 Å². The van der Waals surface area contributed by atoms with Gasteiger partial charge >= 0.3 is 0 Å². The van der Waals surface area contributed by atoms with Crippen LogP contribution in [0, 0.1) is 29.2 Å². The van der Waals surface area contributed by atoms with E-state index in [9.17, 15) is 8.78 Å². The molecule has 43 heavy (non-hydrogen) atoms. The lowest BCUT2D eigenvalue weighted by Crippen LogP contribution is -2.15.